The molecular weight excluding hydrogens is 439 g/mol. The van der Waals surface area contributed by atoms with Gasteiger partial charge in [-0.1, -0.05) is 12.5 Å². The summed E-state index contributed by atoms with van der Waals surface area (Å²) < 4.78 is 1.66. The van der Waals surface area contributed by atoms with Crippen LogP contribution in [0.25, 0.3) is 0 Å². The molecule has 3 rings (SSSR count). The van der Waals surface area contributed by atoms with E-state index in [2.05, 4.69) is 25.9 Å². The number of piperidine rings is 1. The average Bonchev–Trinajstić information content (AvgIpc) is 3.11. The van der Waals surface area contributed by atoms with Gasteiger partial charge in [-0.3, -0.25) is 19.2 Å². The van der Waals surface area contributed by atoms with Crippen molar-refractivity contribution in [1.82, 2.24) is 20.0 Å². The zero-order chi connectivity index (χ0) is 20.8. The summed E-state index contributed by atoms with van der Waals surface area (Å²) in [6, 6.07) is 5.02. The second-order valence-electron chi connectivity index (χ2n) is 7.57. The molecule has 0 spiro atoms. The highest BCUT2D eigenvalue weighted by molar-refractivity contribution is 5.97. The van der Waals surface area contributed by atoms with Gasteiger partial charge in [-0.15, -0.1) is 24.8 Å². The lowest BCUT2D eigenvalue weighted by Crippen LogP contribution is -2.36. The van der Waals surface area contributed by atoms with Gasteiger partial charge in [0.2, 0.25) is 11.8 Å². The van der Waals surface area contributed by atoms with Crippen LogP contribution in [0.4, 0.5) is 11.4 Å². The molecule has 1 atom stereocenters. The van der Waals surface area contributed by atoms with Crippen LogP contribution in [0.15, 0.2) is 30.6 Å². The summed E-state index contributed by atoms with van der Waals surface area (Å²) in [6.45, 7) is 4.29. The summed E-state index contributed by atoms with van der Waals surface area (Å²) in [4.78, 5) is 27.4. The molecule has 1 unspecified atom stereocenters. The van der Waals surface area contributed by atoms with Crippen molar-refractivity contribution >= 4 is 48.0 Å². The van der Waals surface area contributed by atoms with Gasteiger partial charge in [-0.25, -0.2) is 0 Å². The average molecular weight is 471 g/mol. The van der Waals surface area contributed by atoms with Gasteiger partial charge in [0.05, 0.1) is 12.7 Å². The fraction of sp³-hybridized carbons (Fsp3) is 0.476. The smallest absolute Gasteiger partial charge is 0.246 e. The molecule has 31 heavy (non-hydrogen) atoms. The van der Waals surface area contributed by atoms with Crippen molar-refractivity contribution in [2.45, 2.75) is 32.2 Å². The van der Waals surface area contributed by atoms with Crippen LogP contribution in [-0.2, 0) is 16.6 Å². The van der Waals surface area contributed by atoms with Crippen LogP contribution in [0.1, 0.15) is 36.4 Å². The molecule has 172 valence electrons. The Hall–Kier alpha value is -2.13. The summed E-state index contributed by atoms with van der Waals surface area (Å²) in [5.41, 5.74) is 3.09. The monoisotopic (exact) mass is 470 g/mol. The topological polar surface area (TPSA) is 91.3 Å². The van der Waals surface area contributed by atoms with E-state index < -0.39 is 6.04 Å². The SMILES string of the molecule is CNC(C(=O)Nc1ccc(C)c(NC(=O)CN2CCCCC2)c1)c1cnn(C)c1.Cl.Cl. The van der Waals surface area contributed by atoms with E-state index >= 15 is 0 Å². The number of nitrogens with zero attached hydrogens (tertiary/aromatic N) is 3. The maximum absolute atomic E-state index is 12.7. The Morgan fingerprint density at radius 2 is 1.84 bits per heavy atom. The Labute approximate surface area is 196 Å². The lowest BCUT2D eigenvalue weighted by Gasteiger charge is -2.25. The Kier molecular flexibility index (Phi) is 11.0. The highest BCUT2D eigenvalue weighted by Gasteiger charge is 2.21. The molecule has 8 nitrogen and oxygen atoms in total. The molecule has 2 heterocycles. The van der Waals surface area contributed by atoms with Crippen molar-refractivity contribution in [3.63, 3.8) is 0 Å². The molecule has 0 bridgehead atoms. The van der Waals surface area contributed by atoms with E-state index in [0.29, 0.717) is 17.9 Å². The van der Waals surface area contributed by atoms with Crippen molar-refractivity contribution in [3.05, 3.63) is 41.7 Å². The molecule has 1 fully saturated rings. The Balaban J connectivity index is 0.00000240. The number of anilines is 2. The Morgan fingerprint density at radius 1 is 1.13 bits per heavy atom. The summed E-state index contributed by atoms with van der Waals surface area (Å²) in [7, 11) is 3.55. The number of carbonyl (C=O) groups excluding carboxylic acids is 2. The molecule has 2 aromatic rings. The van der Waals surface area contributed by atoms with Gasteiger partial charge in [0.25, 0.3) is 0 Å². The molecule has 2 amide bonds. The number of benzene rings is 1. The number of likely N-dealkylation sites (N-methyl/N-ethyl adjacent to an activating group) is 1. The second-order valence-corrected chi connectivity index (χ2v) is 7.57. The first-order valence-electron chi connectivity index (χ1n) is 10.1. The summed E-state index contributed by atoms with van der Waals surface area (Å²) in [6.07, 6.45) is 7.02. The first-order valence-corrected chi connectivity index (χ1v) is 10.1. The first kappa shape index (κ1) is 26.9. The lowest BCUT2D eigenvalue weighted by atomic mass is 10.1. The third kappa shape index (κ3) is 7.50. The predicted octanol–water partition coefficient (Wildman–Crippen LogP) is 2.90. The maximum Gasteiger partial charge on any atom is 0.246 e. The molecule has 0 radical (unpaired) electrons. The number of carbonyl (C=O) groups is 2. The van der Waals surface area contributed by atoms with Crippen LogP contribution >= 0.6 is 24.8 Å². The van der Waals surface area contributed by atoms with E-state index in [4.69, 9.17) is 0 Å². The molecule has 1 aromatic heterocycles. The lowest BCUT2D eigenvalue weighted by molar-refractivity contribution is -0.118. The number of likely N-dealkylation sites (tertiary alicyclic amines) is 1. The first-order chi connectivity index (χ1) is 14.0. The van der Waals surface area contributed by atoms with Gasteiger partial charge in [0, 0.05) is 30.2 Å². The van der Waals surface area contributed by atoms with E-state index in [-0.39, 0.29) is 36.6 Å². The third-order valence-corrected chi connectivity index (χ3v) is 5.20. The third-order valence-electron chi connectivity index (χ3n) is 5.20. The van der Waals surface area contributed by atoms with E-state index in [1.807, 2.05) is 32.3 Å². The molecular formula is C21H32Cl2N6O2. The van der Waals surface area contributed by atoms with Crippen molar-refractivity contribution in [2.75, 3.05) is 37.3 Å². The number of aryl methyl sites for hydroxylation is 2. The number of aromatic nitrogens is 2. The number of rotatable bonds is 7. The number of amides is 2. The van der Waals surface area contributed by atoms with E-state index in [9.17, 15) is 9.59 Å². The summed E-state index contributed by atoms with van der Waals surface area (Å²) >= 11 is 0. The molecule has 0 saturated carbocycles. The van der Waals surface area contributed by atoms with E-state index in [0.717, 1.165) is 37.1 Å². The van der Waals surface area contributed by atoms with Crippen molar-refractivity contribution < 1.29 is 9.59 Å². The number of hydrogen-bond acceptors (Lipinski definition) is 5. The van der Waals surface area contributed by atoms with Gasteiger partial charge in [0.15, 0.2) is 0 Å². The van der Waals surface area contributed by atoms with Crippen molar-refractivity contribution in [2.24, 2.45) is 7.05 Å². The standard InChI is InChI=1S/C21H30N6O2.2ClH/c1-15-7-8-17(24-21(29)20(22-2)16-12-23-26(3)13-16)11-18(15)25-19(28)14-27-9-5-4-6-10-27;;/h7-8,11-13,20,22H,4-6,9-10,14H2,1-3H3,(H,24,29)(H,25,28);2*1H. The van der Waals surface area contributed by atoms with Gasteiger partial charge in [0.1, 0.15) is 6.04 Å². The number of nitrogens with one attached hydrogen (secondary N) is 3. The van der Waals surface area contributed by atoms with Crippen LogP contribution in [0, 0.1) is 6.92 Å². The largest absolute Gasteiger partial charge is 0.325 e. The van der Waals surface area contributed by atoms with Crippen LogP contribution in [-0.4, -0.2) is 53.2 Å². The number of halogens is 2. The minimum Gasteiger partial charge on any atom is -0.325 e. The molecule has 3 N–H and O–H groups in total. The molecule has 1 aliphatic rings. The van der Waals surface area contributed by atoms with Gasteiger partial charge in [-0.05, 0) is 57.6 Å². The van der Waals surface area contributed by atoms with Gasteiger partial charge >= 0.3 is 0 Å². The van der Waals surface area contributed by atoms with E-state index in [1.54, 1.807) is 24.0 Å². The minimum atomic E-state index is -0.512. The molecule has 1 aromatic carbocycles. The fourth-order valence-corrected chi connectivity index (χ4v) is 3.60. The van der Waals surface area contributed by atoms with E-state index in [1.165, 1.54) is 6.42 Å². The second kappa shape index (κ2) is 12.7. The Bertz CT molecular complexity index is 867. The fourth-order valence-electron chi connectivity index (χ4n) is 3.60. The van der Waals surface area contributed by atoms with Crippen LogP contribution < -0.4 is 16.0 Å². The van der Waals surface area contributed by atoms with Crippen LogP contribution in [0.5, 0.6) is 0 Å². The summed E-state index contributed by atoms with van der Waals surface area (Å²) in [5.74, 6) is -0.211. The predicted molar refractivity (Wildman–Crippen MR) is 128 cm³/mol. The summed E-state index contributed by atoms with van der Waals surface area (Å²) in [5, 5.41) is 13.1. The maximum atomic E-state index is 12.7. The van der Waals surface area contributed by atoms with Crippen molar-refractivity contribution in [3.8, 4) is 0 Å². The molecule has 0 aliphatic carbocycles. The quantitative estimate of drug-likeness (QED) is 0.578. The molecule has 1 aliphatic heterocycles. The molecule has 10 heteroatoms. The normalized spacial score (nSPS) is 14.7. The van der Waals surface area contributed by atoms with Crippen LogP contribution in [0.3, 0.4) is 0 Å². The molecule has 1 saturated heterocycles. The zero-order valence-electron chi connectivity index (χ0n) is 18.2. The zero-order valence-corrected chi connectivity index (χ0v) is 19.8. The van der Waals surface area contributed by atoms with Crippen molar-refractivity contribution in [1.29, 1.82) is 0 Å². The number of hydrogen-bond donors (Lipinski definition) is 3. The minimum absolute atomic E-state index is 0. The van der Waals surface area contributed by atoms with Crippen LogP contribution in [0.2, 0.25) is 0 Å². The highest BCUT2D eigenvalue weighted by atomic mass is 35.5. The van der Waals surface area contributed by atoms with Gasteiger partial charge < -0.3 is 16.0 Å². The van der Waals surface area contributed by atoms with Gasteiger partial charge in [-0.2, -0.15) is 5.10 Å². The highest BCUT2D eigenvalue weighted by Crippen LogP contribution is 2.22. The Morgan fingerprint density at radius 3 is 2.45 bits per heavy atom.